The Kier molecular flexibility index (Phi) is 3.41. The van der Waals surface area contributed by atoms with Gasteiger partial charge in [-0.15, -0.1) is 0 Å². The summed E-state index contributed by atoms with van der Waals surface area (Å²) in [6.45, 7) is 5.40. The molecule has 16 heavy (non-hydrogen) atoms. The highest BCUT2D eigenvalue weighted by atomic mass is 16.4. The SMILES string of the molecule is CCc1cnc(CNCc2occc2C)o1. The van der Waals surface area contributed by atoms with Gasteiger partial charge in [0.25, 0.3) is 0 Å². The molecule has 2 aromatic rings. The first-order chi connectivity index (χ1) is 7.79. The lowest BCUT2D eigenvalue weighted by molar-refractivity contribution is 0.423. The summed E-state index contributed by atoms with van der Waals surface area (Å²) in [5.74, 6) is 2.61. The van der Waals surface area contributed by atoms with E-state index in [2.05, 4.69) is 10.3 Å². The Balaban J connectivity index is 1.82. The van der Waals surface area contributed by atoms with Crippen molar-refractivity contribution >= 4 is 0 Å². The van der Waals surface area contributed by atoms with E-state index in [1.165, 1.54) is 0 Å². The van der Waals surface area contributed by atoms with Gasteiger partial charge in [-0.05, 0) is 18.6 Å². The van der Waals surface area contributed by atoms with Crippen LogP contribution in [0.15, 0.2) is 27.4 Å². The minimum Gasteiger partial charge on any atom is -0.468 e. The Bertz CT molecular complexity index is 445. The van der Waals surface area contributed by atoms with E-state index in [9.17, 15) is 0 Å². The lowest BCUT2D eigenvalue weighted by atomic mass is 10.3. The minimum atomic E-state index is 0.625. The van der Waals surface area contributed by atoms with E-state index in [1.54, 1.807) is 12.5 Å². The zero-order chi connectivity index (χ0) is 11.4. The number of furan rings is 1. The molecule has 86 valence electrons. The quantitative estimate of drug-likeness (QED) is 0.840. The van der Waals surface area contributed by atoms with Crippen molar-refractivity contribution in [3.63, 3.8) is 0 Å². The van der Waals surface area contributed by atoms with E-state index in [0.717, 1.165) is 29.4 Å². The Morgan fingerprint density at radius 1 is 1.38 bits per heavy atom. The number of hydrogen-bond acceptors (Lipinski definition) is 4. The second-order valence-electron chi connectivity index (χ2n) is 3.70. The van der Waals surface area contributed by atoms with Crippen molar-refractivity contribution in [2.45, 2.75) is 33.4 Å². The van der Waals surface area contributed by atoms with E-state index in [4.69, 9.17) is 8.83 Å². The lowest BCUT2D eigenvalue weighted by Gasteiger charge is -2.00. The molecule has 0 amide bonds. The highest BCUT2D eigenvalue weighted by Gasteiger charge is 2.04. The Hall–Kier alpha value is -1.55. The molecule has 0 aliphatic carbocycles. The Morgan fingerprint density at radius 2 is 2.25 bits per heavy atom. The van der Waals surface area contributed by atoms with Gasteiger partial charge in [-0.1, -0.05) is 6.92 Å². The molecule has 2 aromatic heterocycles. The predicted octanol–water partition coefficient (Wildman–Crippen LogP) is 2.43. The molecular weight excluding hydrogens is 204 g/mol. The van der Waals surface area contributed by atoms with Crippen LogP contribution in [-0.4, -0.2) is 4.98 Å². The molecule has 0 spiro atoms. The summed E-state index contributed by atoms with van der Waals surface area (Å²) in [6, 6.07) is 1.96. The number of nitrogens with zero attached hydrogens (tertiary/aromatic N) is 1. The van der Waals surface area contributed by atoms with E-state index >= 15 is 0 Å². The molecule has 0 fully saturated rings. The van der Waals surface area contributed by atoms with Crippen LogP contribution in [0.2, 0.25) is 0 Å². The molecule has 0 radical (unpaired) electrons. The first-order valence-corrected chi connectivity index (χ1v) is 5.47. The van der Waals surface area contributed by atoms with E-state index in [-0.39, 0.29) is 0 Å². The summed E-state index contributed by atoms with van der Waals surface area (Å²) in [5.41, 5.74) is 1.16. The minimum absolute atomic E-state index is 0.625. The van der Waals surface area contributed by atoms with Crippen molar-refractivity contribution in [3.05, 3.63) is 41.5 Å². The standard InChI is InChI=1S/C12H16N2O2/c1-3-10-6-14-12(16-10)8-13-7-11-9(2)4-5-15-11/h4-6,13H,3,7-8H2,1-2H3. The third kappa shape index (κ3) is 2.52. The van der Waals surface area contributed by atoms with Crippen LogP contribution in [-0.2, 0) is 19.5 Å². The van der Waals surface area contributed by atoms with Gasteiger partial charge in [0.1, 0.15) is 11.5 Å². The van der Waals surface area contributed by atoms with Gasteiger partial charge in [0.05, 0.1) is 25.5 Å². The third-order valence-electron chi connectivity index (χ3n) is 2.48. The van der Waals surface area contributed by atoms with Crippen molar-refractivity contribution in [3.8, 4) is 0 Å². The lowest BCUT2D eigenvalue weighted by Crippen LogP contribution is -2.12. The number of nitrogens with one attached hydrogen (secondary N) is 1. The molecule has 0 aromatic carbocycles. The topological polar surface area (TPSA) is 51.2 Å². The number of hydrogen-bond donors (Lipinski definition) is 1. The number of rotatable bonds is 5. The van der Waals surface area contributed by atoms with Gasteiger partial charge < -0.3 is 14.2 Å². The van der Waals surface area contributed by atoms with Crippen LogP contribution in [0.4, 0.5) is 0 Å². The normalized spacial score (nSPS) is 10.9. The molecule has 0 atom stereocenters. The Labute approximate surface area is 94.7 Å². The molecule has 2 heterocycles. The fourth-order valence-electron chi connectivity index (χ4n) is 1.46. The van der Waals surface area contributed by atoms with Gasteiger partial charge >= 0.3 is 0 Å². The number of aryl methyl sites for hydroxylation is 2. The summed E-state index contributed by atoms with van der Waals surface area (Å²) in [7, 11) is 0. The second kappa shape index (κ2) is 4.99. The van der Waals surface area contributed by atoms with Crippen LogP contribution in [0.3, 0.4) is 0 Å². The first-order valence-electron chi connectivity index (χ1n) is 5.47. The zero-order valence-corrected chi connectivity index (χ0v) is 9.62. The molecule has 0 saturated heterocycles. The largest absolute Gasteiger partial charge is 0.468 e. The van der Waals surface area contributed by atoms with Gasteiger partial charge in [-0.25, -0.2) is 4.98 Å². The molecule has 2 rings (SSSR count). The van der Waals surface area contributed by atoms with Crippen LogP contribution in [0.1, 0.15) is 29.9 Å². The van der Waals surface area contributed by atoms with Crippen molar-refractivity contribution in [2.24, 2.45) is 0 Å². The fourth-order valence-corrected chi connectivity index (χ4v) is 1.46. The van der Waals surface area contributed by atoms with Gasteiger partial charge in [0, 0.05) is 6.42 Å². The number of aromatic nitrogens is 1. The van der Waals surface area contributed by atoms with Crippen LogP contribution in [0.25, 0.3) is 0 Å². The van der Waals surface area contributed by atoms with Gasteiger partial charge in [0.2, 0.25) is 5.89 Å². The fraction of sp³-hybridized carbons (Fsp3) is 0.417. The first kappa shape index (κ1) is 11.0. The maximum absolute atomic E-state index is 5.48. The monoisotopic (exact) mass is 220 g/mol. The Morgan fingerprint density at radius 3 is 2.88 bits per heavy atom. The van der Waals surface area contributed by atoms with E-state index in [1.807, 2.05) is 19.9 Å². The van der Waals surface area contributed by atoms with E-state index < -0.39 is 0 Å². The maximum Gasteiger partial charge on any atom is 0.208 e. The third-order valence-corrected chi connectivity index (χ3v) is 2.48. The zero-order valence-electron chi connectivity index (χ0n) is 9.62. The van der Waals surface area contributed by atoms with E-state index in [0.29, 0.717) is 13.1 Å². The summed E-state index contributed by atoms with van der Waals surface area (Å²) in [6.07, 6.45) is 4.35. The average molecular weight is 220 g/mol. The van der Waals surface area contributed by atoms with Gasteiger partial charge in [-0.3, -0.25) is 0 Å². The molecule has 1 N–H and O–H groups in total. The van der Waals surface area contributed by atoms with Gasteiger partial charge in [-0.2, -0.15) is 0 Å². The highest BCUT2D eigenvalue weighted by Crippen LogP contribution is 2.08. The second-order valence-corrected chi connectivity index (χ2v) is 3.70. The van der Waals surface area contributed by atoms with Crippen LogP contribution < -0.4 is 5.32 Å². The summed E-state index contributed by atoms with van der Waals surface area (Å²) >= 11 is 0. The van der Waals surface area contributed by atoms with Crippen LogP contribution >= 0.6 is 0 Å². The van der Waals surface area contributed by atoms with Gasteiger partial charge in [0.15, 0.2) is 0 Å². The molecule has 0 aliphatic heterocycles. The molecule has 0 unspecified atom stereocenters. The van der Waals surface area contributed by atoms with Crippen molar-refractivity contribution in [1.29, 1.82) is 0 Å². The molecule has 0 saturated carbocycles. The molecule has 4 heteroatoms. The summed E-state index contributed by atoms with van der Waals surface area (Å²) in [5, 5.41) is 3.23. The van der Waals surface area contributed by atoms with Crippen LogP contribution in [0.5, 0.6) is 0 Å². The molecule has 0 aliphatic rings. The number of oxazole rings is 1. The molecule has 4 nitrogen and oxygen atoms in total. The van der Waals surface area contributed by atoms with Crippen molar-refractivity contribution in [2.75, 3.05) is 0 Å². The van der Waals surface area contributed by atoms with Crippen molar-refractivity contribution < 1.29 is 8.83 Å². The maximum atomic E-state index is 5.48. The highest BCUT2D eigenvalue weighted by molar-refractivity contribution is 5.14. The summed E-state index contributed by atoms with van der Waals surface area (Å²) in [4.78, 5) is 4.17. The average Bonchev–Trinajstić information content (AvgIpc) is 2.89. The van der Waals surface area contributed by atoms with Crippen molar-refractivity contribution in [1.82, 2.24) is 10.3 Å². The van der Waals surface area contributed by atoms with Crippen LogP contribution in [0, 0.1) is 6.92 Å². The smallest absolute Gasteiger partial charge is 0.208 e. The summed E-state index contributed by atoms with van der Waals surface area (Å²) < 4.78 is 10.8. The molecule has 0 bridgehead atoms. The predicted molar refractivity (Wildman–Crippen MR) is 59.9 cm³/mol. The molecular formula is C12H16N2O2.